The first-order valence-corrected chi connectivity index (χ1v) is 14.4. The van der Waals surface area contributed by atoms with Gasteiger partial charge in [0.1, 0.15) is 0 Å². The van der Waals surface area contributed by atoms with Crippen LogP contribution in [-0.4, -0.2) is 13.2 Å². The Balaban J connectivity index is 0.000000913. The number of hydrogen-bond donors (Lipinski definition) is 0. The maximum Gasteiger partial charge on any atom is 0.0608 e. The molecule has 0 amide bonds. The minimum Gasteiger partial charge on any atom is -0.381 e. The van der Waals surface area contributed by atoms with Gasteiger partial charge < -0.3 is 4.74 Å². The molecule has 0 aliphatic heterocycles. The largest absolute Gasteiger partial charge is 0.381 e. The summed E-state index contributed by atoms with van der Waals surface area (Å²) in [7, 11) is 1.91. The summed E-state index contributed by atoms with van der Waals surface area (Å²) in [4.78, 5) is 0. The third-order valence-corrected chi connectivity index (χ3v) is 10.6. The molecule has 0 aromatic rings. The third-order valence-electron chi connectivity index (χ3n) is 10.6. The molecule has 8 atom stereocenters. The van der Waals surface area contributed by atoms with Crippen molar-refractivity contribution in [1.29, 1.82) is 0 Å². The maximum absolute atomic E-state index is 5.75. The summed E-state index contributed by atoms with van der Waals surface area (Å²) in [5.74, 6) is 5.63. The van der Waals surface area contributed by atoms with Crippen LogP contribution in [0.2, 0.25) is 0 Å². The molecule has 4 aliphatic rings. The van der Waals surface area contributed by atoms with Crippen molar-refractivity contribution in [3.8, 4) is 0 Å². The molecule has 1 heteroatoms. The molecule has 32 heavy (non-hydrogen) atoms. The van der Waals surface area contributed by atoms with Crippen molar-refractivity contribution in [1.82, 2.24) is 0 Å². The van der Waals surface area contributed by atoms with E-state index in [9.17, 15) is 0 Å². The van der Waals surface area contributed by atoms with Crippen LogP contribution in [0.4, 0.5) is 0 Å². The zero-order valence-electron chi connectivity index (χ0n) is 23.0. The van der Waals surface area contributed by atoms with Crippen molar-refractivity contribution in [3.05, 3.63) is 11.6 Å². The van der Waals surface area contributed by atoms with Gasteiger partial charge in [0.25, 0.3) is 0 Å². The van der Waals surface area contributed by atoms with Crippen LogP contribution in [0.25, 0.3) is 0 Å². The van der Waals surface area contributed by atoms with Crippen LogP contribution in [-0.2, 0) is 4.74 Å². The van der Waals surface area contributed by atoms with Gasteiger partial charge in [-0.25, -0.2) is 0 Å². The first-order valence-electron chi connectivity index (χ1n) is 14.4. The van der Waals surface area contributed by atoms with E-state index in [0.717, 1.165) is 35.5 Å². The normalized spacial score (nSPS) is 41.7. The third kappa shape index (κ3) is 5.04. The van der Waals surface area contributed by atoms with Gasteiger partial charge in [0, 0.05) is 7.11 Å². The van der Waals surface area contributed by atoms with Crippen LogP contribution in [0, 0.1) is 46.3 Å². The molecular formula is C31H56O. The Bertz CT molecular complexity index is 620. The van der Waals surface area contributed by atoms with Crippen molar-refractivity contribution in [2.24, 2.45) is 46.3 Å². The van der Waals surface area contributed by atoms with Crippen molar-refractivity contribution in [2.75, 3.05) is 7.11 Å². The predicted octanol–water partition coefficient (Wildman–Crippen LogP) is 9.46. The summed E-state index contributed by atoms with van der Waals surface area (Å²) in [6.45, 7) is 16.9. The van der Waals surface area contributed by atoms with Gasteiger partial charge in [0.15, 0.2) is 0 Å². The molecule has 4 aliphatic carbocycles. The highest BCUT2D eigenvalue weighted by molar-refractivity contribution is 5.25. The maximum atomic E-state index is 5.75. The molecule has 0 heterocycles. The molecule has 0 radical (unpaired) electrons. The minimum absolute atomic E-state index is 0.472. The van der Waals surface area contributed by atoms with Gasteiger partial charge in [0.2, 0.25) is 0 Å². The number of allylic oxidation sites excluding steroid dienone is 1. The van der Waals surface area contributed by atoms with Gasteiger partial charge in [-0.2, -0.15) is 0 Å². The SMILES string of the molecule is CCC.CO[C@H]1CC[C@@]2(C)C(=CCC3C4CCC([C@H](C)CCCC(C)C)[C@@]4(C)CCC32)C1. The Kier molecular flexibility index (Phi) is 9.01. The monoisotopic (exact) mass is 444 g/mol. The second-order valence-electron chi connectivity index (χ2n) is 13.1. The fourth-order valence-corrected chi connectivity index (χ4v) is 8.85. The average molecular weight is 445 g/mol. The Morgan fingerprint density at radius 1 is 0.969 bits per heavy atom. The zero-order valence-corrected chi connectivity index (χ0v) is 23.0. The van der Waals surface area contributed by atoms with Crippen molar-refractivity contribution in [2.45, 2.75) is 132 Å². The topological polar surface area (TPSA) is 9.23 Å². The van der Waals surface area contributed by atoms with Crippen LogP contribution < -0.4 is 0 Å². The molecule has 0 aromatic carbocycles. The number of hydrogen-bond acceptors (Lipinski definition) is 1. The number of methoxy groups -OCH3 is 1. The van der Waals surface area contributed by atoms with E-state index in [-0.39, 0.29) is 0 Å². The average Bonchev–Trinajstić information content (AvgIpc) is 3.10. The molecule has 0 spiro atoms. The standard InChI is InChI=1S/C28H48O.C3H8/c1-19(2)8-7-9-20(3)24-12-13-25-23-11-10-21-18-22(29-6)14-16-27(21,4)26(23)15-17-28(24,25)5;1-3-2/h10,19-20,22-26H,7-9,11-18H2,1-6H3;3H2,1-2H3/t20-,22+,23?,24?,25?,26?,27+,28-;/m1./s1. The summed E-state index contributed by atoms with van der Waals surface area (Å²) in [6, 6.07) is 0. The zero-order chi connectivity index (χ0) is 23.5. The second kappa shape index (κ2) is 11.0. The molecule has 3 saturated carbocycles. The number of rotatable bonds is 6. The summed E-state index contributed by atoms with van der Waals surface area (Å²) >= 11 is 0. The van der Waals surface area contributed by atoms with Gasteiger partial charge in [-0.1, -0.05) is 85.8 Å². The lowest BCUT2D eigenvalue weighted by Crippen LogP contribution is -2.50. The number of ether oxygens (including phenoxy) is 1. The summed E-state index contributed by atoms with van der Waals surface area (Å²) < 4.78 is 5.75. The fraction of sp³-hybridized carbons (Fsp3) is 0.935. The first-order chi connectivity index (χ1) is 15.2. The molecule has 0 bridgehead atoms. The molecule has 3 fully saturated rings. The van der Waals surface area contributed by atoms with Gasteiger partial charge in [0.05, 0.1) is 6.10 Å². The summed E-state index contributed by atoms with van der Waals surface area (Å²) in [6.07, 6.45) is 19.9. The Morgan fingerprint density at radius 2 is 1.69 bits per heavy atom. The van der Waals surface area contributed by atoms with Crippen LogP contribution in [0.15, 0.2) is 11.6 Å². The van der Waals surface area contributed by atoms with E-state index >= 15 is 0 Å². The van der Waals surface area contributed by atoms with Gasteiger partial charge in [-0.15, -0.1) is 0 Å². The van der Waals surface area contributed by atoms with Crippen molar-refractivity contribution < 1.29 is 4.74 Å². The molecule has 0 N–H and O–H groups in total. The van der Waals surface area contributed by atoms with Gasteiger partial charge >= 0.3 is 0 Å². The predicted molar refractivity (Wildman–Crippen MR) is 140 cm³/mol. The molecule has 4 unspecified atom stereocenters. The smallest absolute Gasteiger partial charge is 0.0608 e. The van der Waals surface area contributed by atoms with E-state index in [2.05, 4.69) is 54.5 Å². The van der Waals surface area contributed by atoms with E-state index in [4.69, 9.17) is 4.74 Å². The summed E-state index contributed by atoms with van der Waals surface area (Å²) in [5, 5.41) is 0. The second-order valence-corrected chi connectivity index (χ2v) is 13.1. The highest BCUT2D eigenvalue weighted by atomic mass is 16.5. The summed E-state index contributed by atoms with van der Waals surface area (Å²) in [5.41, 5.74) is 2.85. The van der Waals surface area contributed by atoms with Crippen LogP contribution >= 0.6 is 0 Å². The molecule has 4 rings (SSSR count). The lowest BCUT2D eigenvalue weighted by atomic mass is 9.47. The van der Waals surface area contributed by atoms with Gasteiger partial charge in [-0.05, 0) is 97.7 Å². The quantitative estimate of drug-likeness (QED) is 0.371. The van der Waals surface area contributed by atoms with E-state index in [0.29, 0.717) is 16.9 Å². The molecule has 0 aromatic heterocycles. The van der Waals surface area contributed by atoms with E-state index in [1.54, 1.807) is 5.57 Å². The Hall–Kier alpha value is -0.300. The van der Waals surface area contributed by atoms with Crippen molar-refractivity contribution in [3.63, 3.8) is 0 Å². The first kappa shape index (κ1) is 26.3. The minimum atomic E-state index is 0.472. The van der Waals surface area contributed by atoms with Gasteiger partial charge in [-0.3, -0.25) is 0 Å². The van der Waals surface area contributed by atoms with Crippen LogP contribution in [0.5, 0.6) is 0 Å². The highest BCUT2D eigenvalue weighted by Gasteiger charge is 2.59. The molecule has 1 nitrogen and oxygen atoms in total. The molecule has 186 valence electrons. The fourth-order valence-electron chi connectivity index (χ4n) is 8.85. The molecule has 0 saturated heterocycles. The van der Waals surface area contributed by atoms with E-state index in [1.165, 1.54) is 77.0 Å². The van der Waals surface area contributed by atoms with E-state index < -0.39 is 0 Å². The van der Waals surface area contributed by atoms with Crippen LogP contribution in [0.3, 0.4) is 0 Å². The lowest BCUT2D eigenvalue weighted by Gasteiger charge is -2.58. The Morgan fingerprint density at radius 3 is 2.34 bits per heavy atom. The van der Waals surface area contributed by atoms with E-state index in [1.807, 2.05) is 7.11 Å². The lowest BCUT2D eigenvalue weighted by molar-refractivity contribution is -0.0601. The Labute approximate surface area is 201 Å². The molecular weight excluding hydrogens is 388 g/mol. The van der Waals surface area contributed by atoms with Crippen LogP contribution in [0.1, 0.15) is 126 Å². The number of fused-ring (bicyclic) bond motifs is 5. The highest BCUT2D eigenvalue weighted by Crippen LogP contribution is 2.67. The van der Waals surface area contributed by atoms with Crippen molar-refractivity contribution >= 4 is 0 Å².